The predicted molar refractivity (Wildman–Crippen MR) is 125 cm³/mol. The van der Waals surface area contributed by atoms with E-state index < -0.39 is 0 Å². The van der Waals surface area contributed by atoms with E-state index in [2.05, 4.69) is 15.3 Å². The van der Waals surface area contributed by atoms with Crippen molar-refractivity contribution in [2.45, 2.75) is 44.9 Å². The van der Waals surface area contributed by atoms with Gasteiger partial charge in [0.25, 0.3) is 0 Å². The third-order valence-electron chi connectivity index (χ3n) is 4.27. The van der Waals surface area contributed by atoms with E-state index in [0.29, 0.717) is 48.4 Å². The van der Waals surface area contributed by atoms with E-state index in [4.69, 9.17) is 44.7 Å². The third-order valence-corrected chi connectivity index (χ3v) is 4.57. The number of halogens is 1. The minimum Gasteiger partial charge on any atom is -0.492 e. The third kappa shape index (κ3) is 12.0. The lowest BCUT2D eigenvalue weighted by molar-refractivity contribution is 0.313. The molecule has 10 heteroatoms. The van der Waals surface area contributed by atoms with Gasteiger partial charge in [-0.1, -0.05) is 37.3 Å². The highest BCUT2D eigenvalue weighted by Crippen LogP contribution is 2.25. The number of guanidine groups is 2. The summed E-state index contributed by atoms with van der Waals surface area (Å²) in [5.74, 6) is 1.15. The Labute approximate surface area is 183 Å². The minimum absolute atomic E-state index is 0.0275. The molecule has 0 fully saturated rings. The van der Waals surface area contributed by atoms with Gasteiger partial charge in [-0.05, 0) is 31.0 Å². The first-order valence-electron chi connectivity index (χ1n) is 10.3. The lowest BCUT2D eigenvalue weighted by atomic mass is 10.1. The van der Waals surface area contributed by atoms with E-state index in [0.717, 1.165) is 32.2 Å². The molecule has 0 amide bonds. The maximum Gasteiger partial charge on any atom is 0.188 e. The number of nitrogens with one attached hydrogen (secondary N) is 2. The number of unbranched alkanes of at least 4 members (excludes halogenated alkanes) is 5. The summed E-state index contributed by atoms with van der Waals surface area (Å²) < 4.78 is 5.63. The number of aliphatic imine (C=N–C) groups is 2. The van der Waals surface area contributed by atoms with Crippen molar-refractivity contribution in [1.82, 2.24) is 5.32 Å². The van der Waals surface area contributed by atoms with E-state index >= 15 is 0 Å². The van der Waals surface area contributed by atoms with Crippen LogP contribution in [0, 0.1) is 5.41 Å². The average Bonchev–Trinajstić information content (AvgIpc) is 2.69. The molecule has 1 rings (SSSR count). The molecule has 0 atom stereocenters. The first kappa shape index (κ1) is 25.4. The second-order valence-electron chi connectivity index (χ2n) is 6.88. The summed E-state index contributed by atoms with van der Waals surface area (Å²) in [6, 6.07) is 5.03. The molecule has 0 saturated carbocycles. The van der Waals surface area contributed by atoms with Crippen LogP contribution in [0.5, 0.6) is 5.75 Å². The first-order chi connectivity index (χ1) is 14.4. The lowest BCUT2D eigenvalue weighted by Crippen LogP contribution is -2.32. The Morgan fingerprint density at radius 3 is 2.27 bits per heavy atom. The number of ether oxygens (including phenoxy) is 1. The Balaban J connectivity index is 2.04. The molecular weight excluding hydrogens is 404 g/mol. The van der Waals surface area contributed by atoms with Gasteiger partial charge >= 0.3 is 0 Å². The predicted octanol–water partition coefficient (Wildman–Crippen LogP) is 1.91. The van der Waals surface area contributed by atoms with Gasteiger partial charge in [-0.15, -0.1) is 0 Å². The number of amidine groups is 1. The van der Waals surface area contributed by atoms with Gasteiger partial charge in [0.2, 0.25) is 0 Å². The Morgan fingerprint density at radius 2 is 1.60 bits per heavy atom. The topological polar surface area (TPSA) is 174 Å². The zero-order valence-electron chi connectivity index (χ0n) is 17.5. The SMILES string of the molecule is N=C(N)c1ccc(OCCCN=C(N)NCCCCCCCCN=C(N)N)c(Cl)c1. The van der Waals surface area contributed by atoms with Gasteiger partial charge in [0.1, 0.15) is 11.6 Å². The number of nitrogens with zero attached hydrogens (tertiary/aromatic N) is 2. The van der Waals surface area contributed by atoms with Crippen LogP contribution in [0.1, 0.15) is 50.5 Å². The molecule has 10 N–H and O–H groups in total. The molecule has 9 nitrogen and oxygen atoms in total. The highest BCUT2D eigenvalue weighted by atomic mass is 35.5. The standard InChI is InChI=1S/C20H35ClN8O/c21-16-14-15(18(22)23)8-9-17(16)30-13-7-12-29-20(26)28-11-6-4-2-1-3-5-10-27-19(24)25/h8-9,14H,1-7,10-13H2,(H3,22,23)(H4,24,25,27)(H3,26,28,29). The molecule has 0 aromatic heterocycles. The molecule has 0 saturated heterocycles. The van der Waals surface area contributed by atoms with E-state index in [1.54, 1.807) is 18.2 Å². The van der Waals surface area contributed by atoms with Gasteiger partial charge in [-0.2, -0.15) is 0 Å². The maximum absolute atomic E-state index is 7.39. The van der Waals surface area contributed by atoms with Crippen molar-refractivity contribution in [3.63, 3.8) is 0 Å². The summed E-state index contributed by atoms with van der Waals surface area (Å²) in [4.78, 5) is 8.26. The number of nitrogen functional groups attached to an aromatic ring is 1. The smallest absolute Gasteiger partial charge is 0.188 e. The van der Waals surface area contributed by atoms with E-state index in [9.17, 15) is 0 Å². The van der Waals surface area contributed by atoms with Crippen molar-refractivity contribution >= 4 is 29.4 Å². The van der Waals surface area contributed by atoms with Crippen LogP contribution in [0.2, 0.25) is 5.02 Å². The Bertz CT molecular complexity index is 704. The molecular formula is C20H35ClN8O. The van der Waals surface area contributed by atoms with Gasteiger partial charge in [0.15, 0.2) is 11.9 Å². The van der Waals surface area contributed by atoms with Crippen LogP contribution in [0.4, 0.5) is 0 Å². The fourth-order valence-corrected chi connectivity index (χ4v) is 2.89. The van der Waals surface area contributed by atoms with Crippen molar-refractivity contribution in [3.05, 3.63) is 28.8 Å². The average molecular weight is 439 g/mol. The number of nitrogens with two attached hydrogens (primary N) is 4. The van der Waals surface area contributed by atoms with Crippen molar-refractivity contribution in [2.24, 2.45) is 32.9 Å². The first-order valence-corrected chi connectivity index (χ1v) is 10.6. The maximum atomic E-state index is 7.39. The van der Waals surface area contributed by atoms with Crippen LogP contribution in [0.15, 0.2) is 28.2 Å². The normalized spacial score (nSPS) is 11.2. The van der Waals surface area contributed by atoms with Crippen molar-refractivity contribution in [1.29, 1.82) is 5.41 Å². The fourth-order valence-electron chi connectivity index (χ4n) is 2.66. The molecule has 1 aromatic rings. The van der Waals surface area contributed by atoms with E-state index in [1.807, 2.05) is 0 Å². The summed E-state index contributed by atoms with van der Waals surface area (Å²) >= 11 is 6.12. The molecule has 0 radical (unpaired) electrons. The van der Waals surface area contributed by atoms with Gasteiger partial charge < -0.3 is 33.0 Å². The van der Waals surface area contributed by atoms with Crippen LogP contribution in [-0.4, -0.2) is 44.0 Å². The zero-order chi connectivity index (χ0) is 22.2. The monoisotopic (exact) mass is 438 g/mol. The molecule has 0 heterocycles. The summed E-state index contributed by atoms with van der Waals surface area (Å²) in [5, 5.41) is 11.0. The summed E-state index contributed by atoms with van der Waals surface area (Å²) in [6.45, 7) is 2.57. The summed E-state index contributed by atoms with van der Waals surface area (Å²) in [6.07, 6.45) is 7.46. The summed E-state index contributed by atoms with van der Waals surface area (Å²) in [5.41, 5.74) is 22.4. The second kappa shape index (κ2) is 15.2. The van der Waals surface area contributed by atoms with Crippen molar-refractivity contribution in [2.75, 3.05) is 26.2 Å². The Morgan fingerprint density at radius 1 is 0.933 bits per heavy atom. The molecule has 1 aromatic carbocycles. The summed E-state index contributed by atoms with van der Waals surface area (Å²) in [7, 11) is 0. The minimum atomic E-state index is -0.0275. The zero-order valence-corrected chi connectivity index (χ0v) is 18.3. The molecule has 168 valence electrons. The Kier molecular flexibility index (Phi) is 12.8. The number of hydrogen-bond acceptors (Lipinski definition) is 4. The van der Waals surface area contributed by atoms with E-state index in [1.165, 1.54) is 12.8 Å². The quantitative estimate of drug-likeness (QED) is 0.138. The van der Waals surface area contributed by atoms with Crippen molar-refractivity contribution in [3.8, 4) is 5.75 Å². The molecule has 30 heavy (non-hydrogen) atoms. The molecule has 0 aliphatic rings. The molecule has 0 aliphatic carbocycles. The fraction of sp³-hybridized carbons (Fsp3) is 0.550. The largest absolute Gasteiger partial charge is 0.492 e. The van der Waals surface area contributed by atoms with Crippen LogP contribution in [0.3, 0.4) is 0 Å². The van der Waals surface area contributed by atoms with Crippen LogP contribution in [-0.2, 0) is 0 Å². The van der Waals surface area contributed by atoms with Crippen LogP contribution >= 0.6 is 11.6 Å². The van der Waals surface area contributed by atoms with E-state index in [-0.39, 0.29) is 11.8 Å². The number of hydrogen-bond donors (Lipinski definition) is 6. The molecule has 0 spiro atoms. The second-order valence-corrected chi connectivity index (χ2v) is 7.29. The molecule has 0 aliphatic heterocycles. The van der Waals surface area contributed by atoms with Crippen molar-refractivity contribution < 1.29 is 4.74 Å². The molecule has 0 unspecified atom stereocenters. The molecule has 0 bridgehead atoms. The van der Waals surface area contributed by atoms with Gasteiger partial charge in [0, 0.05) is 31.6 Å². The highest BCUT2D eigenvalue weighted by Gasteiger charge is 2.04. The van der Waals surface area contributed by atoms with Gasteiger partial charge in [-0.3, -0.25) is 15.4 Å². The lowest BCUT2D eigenvalue weighted by Gasteiger charge is -2.09. The van der Waals surface area contributed by atoms with Gasteiger partial charge in [0.05, 0.1) is 11.6 Å². The Hall–Kier alpha value is -2.68. The highest BCUT2D eigenvalue weighted by molar-refractivity contribution is 6.32. The van der Waals surface area contributed by atoms with Gasteiger partial charge in [-0.25, -0.2) is 0 Å². The van der Waals surface area contributed by atoms with Crippen LogP contribution in [0.25, 0.3) is 0 Å². The number of rotatable bonds is 15. The number of benzene rings is 1. The van der Waals surface area contributed by atoms with Crippen LogP contribution < -0.4 is 33.0 Å².